The van der Waals surface area contributed by atoms with Crippen LogP contribution in [-0.2, 0) is 44.5 Å². The lowest BCUT2D eigenvalue weighted by Gasteiger charge is -2.32. The predicted octanol–water partition coefficient (Wildman–Crippen LogP) is 12.7. The van der Waals surface area contributed by atoms with E-state index in [2.05, 4.69) is 10.6 Å². The van der Waals surface area contributed by atoms with Gasteiger partial charge in [-0.05, 0) is 147 Å². The number of fused-ring (bicyclic) bond motifs is 5. The van der Waals surface area contributed by atoms with Gasteiger partial charge in [-0.3, -0.25) is 19.2 Å². The number of Topliss-reactive ketones (excluding diaryl/α,β-unsaturated/α-hetero) is 2. The average molecular weight is 1180 g/mol. The smallest absolute Gasteiger partial charge is 0.493 e. The molecule has 84 heavy (non-hydrogen) atoms. The summed E-state index contributed by atoms with van der Waals surface area (Å²) < 4.78 is 34.1. The highest BCUT2D eigenvalue weighted by Gasteiger charge is 2.37. The van der Waals surface area contributed by atoms with E-state index in [0.29, 0.717) is 64.4 Å². The quantitative estimate of drug-likeness (QED) is 0.0260. The number of benzene rings is 4. The number of halogens is 1. The molecule has 4 aromatic rings. The first-order valence-corrected chi connectivity index (χ1v) is 29.1. The van der Waals surface area contributed by atoms with Crippen molar-refractivity contribution in [2.75, 3.05) is 40.9 Å². The van der Waals surface area contributed by atoms with Crippen LogP contribution >= 0.6 is 11.6 Å². The summed E-state index contributed by atoms with van der Waals surface area (Å²) >= 11 is 6.14. The third-order valence-corrected chi connectivity index (χ3v) is 13.9. The number of methoxy groups -OCH3 is 1. The summed E-state index contributed by atoms with van der Waals surface area (Å²) in [7, 11) is 4.39. The van der Waals surface area contributed by atoms with Gasteiger partial charge in [-0.25, -0.2) is 19.2 Å². The van der Waals surface area contributed by atoms with Crippen LogP contribution < -0.4 is 20.1 Å². The van der Waals surface area contributed by atoms with E-state index in [1.165, 1.54) is 25.1 Å². The number of hydrogen-bond donors (Lipinski definition) is 2. The fraction of sp³-hybridized carbons (Fsp3) is 0.508. The van der Waals surface area contributed by atoms with E-state index >= 15 is 9.59 Å². The molecule has 0 saturated carbocycles. The zero-order chi connectivity index (χ0) is 62.1. The predicted molar refractivity (Wildman–Crippen MR) is 321 cm³/mol. The molecule has 0 saturated heterocycles. The number of alkyl carbamates (subject to hydrolysis) is 1. The zero-order valence-corrected chi connectivity index (χ0v) is 51.8. The van der Waals surface area contributed by atoms with Crippen molar-refractivity contribution >= 4 is 59.3 Å². The number of hydrogen-bond acceptors (Lipinski definition) is 14. The number of carbonyl (C=O) groups excluding carboxylic acids is 8. The summed E-state index contributed by atoms with van der Waals surface area (Å²) in [6, 6.07) is 21.7. The summed E-state index contributed by atoms with van der Waals surface area (Å²) in [4.78, 5) is 114. The van der Waals surface area contributed by atoms with Crippen LogP contribution in [0.4, 0.5) is 14.4 Å². The number of nitrogens with zero attached hydrogens (tertiary/aromatic N) is 2. The molecule has 4 atom stereocenters. The molecule has 1 heterocycles. The zero-order valence-electron chi connectivity index (χ0n) is 51.1. The average Bonchev–Trinajstić information content (AvgIpc) is 3.62. The molecular weight excluding hydrogens is 1100 g/mol. The van der Waals surface area contributed by atoms with Gasteiger partial charge in [0.05, 0.1) is 13.7 Å². The first kappa shape index (κ1) is 67.3. The van der Waals surface area contributed by atoms with Crippen molar-refractivity contribution in [2.45, 2.75) is 162 Å². The lowest BCUT2D eigenvalue weighted by atomic mass is 9.88. The van der Waals surface area contributed by atoms with Crippen LogP contribution in [0.1, 0.15) is 155 Å². The van der Waals surface area contributed by atoms with Crippen LogP contribution in [0.25, 0.3) is 22.3 Å². The minimum atomic E-state index is -1.36. The standard InChI is InChI=1S/C65H85ClN4O14/c1-41-36-53(72)56(70(12)58(74)47(20-16-17-33-67-60(76)82-63(2,3)4)40-52(71)45-24-22-43(23-25-45)44-26-29-48(66)30-27-44)46-28-32-54(80-35-19-15-14-18-34-69(11)61(77)83-64(5,6)7)50(39-46)49-37-42(38-51(59(75)79-13)68-57(41)73)21-31-55(49)81-62(78)84-65(8,9)10/h21-32,37,39,41,47,51,56H,14-20,33-36,38,40H2,1-13H3,(H,67,76)(H,68,73)/t41-,47-,51+,56+/m1/s1. The maximum Gasteiger partial charge on any atom is 0.514 e. The molecule has 1 aliphatic heterocycles. The second-order valence-corrected chi connectivity index (χ2v) is 24.8. The third kappa shape index (κ3) is 21.3. The number of ketones is 2. The van der Waals surface area contributed by atoms with Gasteiger partial charge >= 0.3 is 24.3 Å². The van der Waals surface area contributed by atoms with E-state index in [1.807, 2.05) is 45.0 Å². The molecule has 0 fully saturated rings. The van der Waals surface area contributed by atoms with Crippen LogP contribution in [0.2, 0.25) is 5.02 Å². The number of rotatable bonds is 21. The molecule has 0 unspecified atom stereocenters. The molecule has 0 aliphatic carbocycles. The molecule has 1 aliphatic rings. The number of ether oxygens (including phenoxy) is 6. The number of likely N-dealkylation sites (N-methyl/N-ethyl adjacent to an activating group) is 1. The molecule has 4 aromatic carbocycles. The van der Waals surface area contributed by atoms with Gasteiger partial charge in [0, 0.05) is 80.0 Å². The second-order valence-electron chi connectivity index (χ2n) is 24.4. The molecule has 4 bridgehead atoms. The Kier molecular flexibility index (Phi) is 24.3. The fourth-order valence-corrected chi connectivity index (χ4v) is 9.56. The topological polar surface area (TPSA) is 222 Å². The lowest BCUT2D eigenvalue weighted by molar-refractivity contribution is -0.146. The van der Waals surface area contributed by atoms with Crippen molar-refractivity contribution in [1.29, 1.82) is 0 Å². The second kappa shape index (κ2) is 30.4. The molecular formula is C65H85ClN4O14. The van der Waals surface area contributed by atoms with Gasteiger partial charge in [0.25, 0.3) is 0 Å². The van der Waals surface area contributed by atoms with E-state index in [1.54, 1.807) is 115 Å². The van der Waals surface area contributed by atoms with Crippen molar-refractivity contribution < 1.29 is 66.8 Å². The van der Waals surface area contributed by atoms with Gasteiger partial charge in [-0.15, -0.1) is 0 Å². The first-order chi connectivity index (χ1) is 39.4. The molecule has 2 N–H and O–H groups in total. The molecule has 0 radical (unpaired) electrons. The fourth-order valence-electron chi connectivity index (χ4n) is 9.43. The summed E-state index contributed by atoms with van der Waals surface area (Å²) in [5.41, 5.74) is 1.37. The van der Waals surface area contributed by atoms with E-state index in [4.69, 9.17) is 40.0 Å². The van der Waals surface area contributed by atoms with Crippen molar-refractivity contribution in [1.82, 2.24) is 20.4 Å². The number of unbranched alkanes of at least 4 members (excludes halogenated alkanes) is 4. The van der Waals surface area contributed by atoms with Gasteiger partial charge in [0.2, 0.25) is 11.8 Å². The minimum Gasteiger partial charge on any atom is -0.493 e. The summed E-state index contributed by atoms with van der Waals surface area (Å²) in [5.74, 6) is -4.31. The van der Waals surface area contributed by atoms with Crippen molar-refractivity contribution in [3.05, 3.63) is 107 Å². The Balaban J connectivity index is 1.58. The maximum atomic E-state index is 15.4. The van der Waals surface area contributed by atoms with E-state index in [0.717, 1.165) is 30.4 Å². The molecule has 19 heteroatoms. The van der Waals surface area contributed by atoms with Gasteiger partial charge in [0.15, 0.2) is 11.6 Å². The maximum absolute atomic E-state index is 15.4. The van der Waals surface area contributed by atoms with E-state index in [9.17, 15) is 28.8 Å². The van der Waals surface area contributed by atoms with Crippen molar-refractivity contribution in [3.63, 3.8) is 0 Å². The van der Waals surface area contributed by atoms with Gasteiger partial charge in [-0.1, -0.05) is 86.3 Å². The highest BCUT2D eigenvalue weighted by Crippen LogP contribution is 2.41. The summed E-state index contributed by atoms with van der Waals surface area (Å²) in [6.45, 7) is 18.3. The largest absolute Gasteiger partial charge is 0.514 e. The number of carbonyl (C=O) groups is 8. The summed E-state index contributed by atoms with van der Waals surface area (Å²) in [6.07, 6.45) is 1.23. The number of esters is 1. The highest BCUT2D eigenvalue weighted by molar-refractivity contribution is 6.30. The monoisotopic (exact) mass is 1180 g/mol. The van der Waals surface area contributed by atoms with Crippen LogP contribution in [0.5, 0.6) is 11.5 Å². The third-order valence-electron chi connectivity index (χ3n) is 13.6. The Morgan fingerprint density at radius 3 is 1.94 bits per heavy atom. The van der Waals surface area contributed by atoms with Gasteiger partial charge in [0.1, 0.15) is 40.4 Å². The minimum absolute atomic E-state index is 0.0386. The normalized spacial score (nSPS) is 16.0. The Morgan fingerprint density at radius 1 is 0.702 bits per heavy atom. The van der Waals surface area contributed by atoms with Crippen molar-refractivity contribution in [2.24, 2.45) is 11.8 Å². The number of amides is 4. The molecule has 0 spiro atoms. The molecule has 0 aromatic heterocycles. The molecule has 4 amide bonds. The molecule has 5 rings (SSSR count). The Morgan fingerprint density at radius 2 is 1.31 bits per heavy atom. The highest BCUT2D eigenvalue weighted by atomic mass is 35.5. The Hall–Kier alpha value is -7.47. The summed E-state index contributed by atoms with van der Waals surface area (Å²) in [5, 5.41) is 6.11. The van der Waals surface area contributed by atoms with Crippen LogP contribution in [0, 0.1) is 11.8 Å². The first-order valence-electron chi connectivity index (χ1n) is 28.7. The Bertz CT molecular complexity index is 2940. The van der Waals surface area contributed by atoms with Gasteiger partial charge in [-0.2, -0.15) is 0 Å². The van der Waals surface area contributed by atoms with E-state index in [-0.39, 0.29) is 50.4 Å². The lowest BCUT2D eigenvalue weighted by Crippen LogP contribution is -2.46. The van der Waals surface area contributed by atoms with Crippen LogP contribution in [0.15, 0.2) is 84.9 Å². The molecule has 456 valence electrons. The SMILES string of the molecule is COC(=O)[C@@H]1Cc2ccc(OC(=O)OC(C)(C)C)c(c2)-c2cc(ccc2OCCCCCCN(C)C(=O)OC(C)(C)C)[C@H](N(C)C(=O)[C@H](CCCCNC(=O)OC(C)(C)C)CC(=O)c2ccc(-c3ccc(Cl)cc3)cc2)C(=O)C[C@@H](C)C(=O)N1. The number of nitrogens with one attached hydrogen (secondary N) is 2. The van der Waals surface area contributed by atoms with Crippen LogP contribution in [-0.4, -0.2) is 121 Å². The Labute approximate surface area is 499 Å². The van der Waals surface area contributed by atoms with Crippen molar-refractivity contribution in [3.8, 4) is 33.8 Å². The molecule has 18 nitrogen and oxygen atoms in total. The van der Waals surface area contributed by atoms with E-state index < -0.39 is 82.6 Å². The van der Waals surface area contributed by atoms with Gasteiger partial charge < -0.3 is 48.9 Å². The van der Waals surface area contributed by atoms with Crippen LogP contribution in [0.3, 0.4) is 0 Å².